The van der Waals surface area contributed by atoms with E-state index in [2.05, 4.69) is 37.1 Å². The maximum atomic E-state index is 5.83. The SMILES string of the molecule is CCCCN(Cc1cc(CNCC)oc1C)C1CC1. The first kappa shape index (κ1) is 14.6. The highest BCUT2D eigenvalue weighted by molar-refractivity contribution is 5.21. The van der Waals surface area contributed by atoms with Gasteiger partial charge in [-0.2, -0.15) is 0 Å². The molecule has 0 aliphatic heterocycles. The van der Waals surface area contributed by atoms with Crippen molar-refractivity contribution in [3.63, 3.8) is 0 Å². The second kappa shape index (κ2) is 7.11. The van der Waals surface area contributed by atoms with E-state index in [0.29, 0.717) is 0 Å². The van der Waals surface area contributed by atoms with Gasteiger partial charge in [-0.15, -0.1) is 0 Å². The normalized spacial score (nSPS) is 15.4. The quantitative estimate of drug-likeness (QED) is 0.740. The molecule has 0 unspecified atom stereocenters. The summed E-state index contributed by atoms with van der Waals surface area (Å²) < 4.78 is 5.83. The Balaban J connectivity index is 1.93. The summed E-state index contributed by atoms with van der Waals surface area (Å²) >= 11 is 0. The van der Waals surface area contributed by atoms with Gasteiger partial charge in [0.05, 0.1) is 6.54 Å². The molecular formula is C16H28N2O. The number of aryl methyl sites for hydroxylation is 1. The second-order valence-corrected chi connectivity index (χ2v) is 5.63. The molecule has 3 heteroatoms. The van der Waals surface area contributed by atoms with Crippen molar-refractivity contribution in [3.05, 3.63) is 23.2 Å². The van der Waals surface area contributed by atoms with E-state index in [-0.39, 0.29) is 0 Å². The zero-order valence-electron chi connectivity index (χ0n) is 12.7. The van der Waals surface area contributed by atoms with Crippen LogP contribution in [0.3, 0.4) is 0 Å². The Morgan fingerprint density at radius 2 is 2.16 bits per heavy atom. The van der Waals surface area contributed by atoms with Crippen LogP contribution in [-0.2, 0) is 13.1 Å². The van der Waals surface area contributed by atoms with Crippen LogP contribution in [0.15, 0.2) is 10.5 Å². The lowest BCUT2D eigenvalue weighted by Crippen LogP contribution is -2.26. The average molecular weight is 264 g/mol. The van der Waals surface area contributed by atoms with Crippen molar-refractivity contribution in [2.45, 2.75) is 65.6 Å². The van der Waals surface area contributed by atoms with E-state index >= 15 is 0 Å². The minimum atomic E-state index is 0.832. The third-order valence-corrected chi connectivity index (χ3v) is 3.86. The molecule has 3 nitrogen and oxygen atoms in total. The van der Waals surface area contributed by atoms with Crippen LogP contribution in [0, 0.1) is 6.92 Å². The van der Waals surface area contributed by atoms with Gasteiger partial charge in [-0.25, -0.2) is 0 Å². The third kappa shape index (κ3) is 4.36. The number of nitrogens with one attached hydrogen (secondary N) is 1. The second-order valence-electron chi connectivity index (χ2n) is 5.63. The maximum absolute atomic E-state index is 5.83. The Labute approximate surface area is 117 Å². The summed E-state index contributed by atoms with van der Waals surface area (Å²) in [4.78, 5) is 2.64. The van der Waals surface area contributed by atoms with Crippen molar-refractivity contribution in [1.29, 1.82) is 0 Å². The molecule has 1 saturated carbocycles. The zero-order valence-corrected chi connectivity index (χ0v) is 12.7. The minimum absolute atomic E-state index is 0.832. The van der Waals surface area contributed by atoms with Crippen molar-refractivity contribution in [3.8, 4) is 0 Å². The maximum Gasteiger partial charge on any atom is 0.118 e. The minimum Gasteiger partial charge on any atom is -0.465 e. The van der Waals surface area contributed by atoms with E-state index in [1.165, 1.54) is 37.8 Å². The predicted octanol–water partition coefficient (Wildman–Crippen LogP) is 3.46. The summed E-state index contributed by atoms with van der Waals surface area (Å²) in [6.45, 7) is 10.6. The van der Waals surface area contributed by atoms with Crippen LogP contribution in [0.5, 0.6) is 0 Å². The van der Waals surface area contributed by atoms with Crippen LogP contribution in [0.2, 0.25) is 0 Å². The number of unbranched alkanes of at least 4 members (excludes halogenated alkanes) is 1. The highest BCUT2D eigenvalue weighted by Gasteiger charge is 2.29. The van der Waals surface area contributed by atoms with Crippen LogP contribution >= 0.6 is 0 Å². The molecule has 1 aliphatic carbocycles. The van der Waals surface area contributed by atoms with E-state index in [1.807, 2.05) is 0 Å². The first-order valence-corrected chi connectivity index (χ1v) is 7.77. The summed E-state index contributed by atoms with van der Waals surface area (Å²) in [5.41, 5.74) is 1.37. The van der Waals surface area contributed by atoms with Crippen LogP contribution in [0.4, 0.5) is 0 Å². The molecule has 0 atom stereocenters. The molecule has 0 saturated heterocycles. The van der Waals surface area contributed by atoms with Crippen molar-refractivity contribution in [2.75, 3.05) is 13.1 Å². The fraction of sp³-hybridized carbons (Fsp3) is 0.750. The Morgan fingerprint density at radius 1 is 1.37 bits per heavy atom. The smallest absolute Gasteiger partial charge is 0.118 e. The van der Waals surface area contributed by atoms with Crippen LogP contribution < -0.4 is 5.32 Å². The Bertz CT molecular complexity index is 382. The van der Waals surface area contributed by atoms with E-state index in [0.717, 1.165) is 37.2 Å². The Morgan fingerprint density at radius 3 is 2.79 bits per heavy atom. The van der Waals surface area contributed by atoms with Gasteiger partial charge in [-0.05, 0) is 45.3 Å². The first-order valence-electron chi connectivity index (χ1n) is 7.77. The Kier molecular flexibility index (Phi) is 5.46. The van der Waals surface area contributed by atoms with Crippen molar-refractivity contribution < 1.29 is 4.42 Å². The standard InChI is InChI=1S/C16H28N2O/c1-4-6-9-18(15-7-8-15)12-14-10-16(11-17-5-2)19-13(14)3/h10,15,17H,4-9,11-12H2,1-3H3. The zero-order chi connectivity index (χ0) is 13.7. The van der Waals surface area contributed by atoms with E-state index in [9.17, 15) is 0 Å². The van der Waals surface area contributed by atoms with Gasteiger partial charge >= 0.3 is 0 Å². The molecule has 2 rings (SSSR count). The molecule has 1 N–H and O–H groups in total. The van der Waals surface area contributed by atoms with Crippen LogP contribution in [-0.4, -0.2) is 24.0 Å². The summed E-state index contributed by atoms with van der Waals surface area (Å²) in [5, 5.41) is 3.32. The number of hydrogen-bond donors (Lipinski definition) is 1. The van der Waals surface area contributed by atoms with Crippen molar-refractivity contribution >= 4 is 0 Å². The summed E-state index contributed by atoms with van der Waals surface area (Å²) in [7, 11) is 0. The molecule has 0 amide bonds. The average Bonchev–Trinajstić information content (AvgIpc) is 3.18. The first-order chi connectivity index (χ1) is 9.24. The molecule has 108 valence electrons. The van der Waals surface area contributed by atoms with Gasteiger partial charge in [0, 0.05) is 18.2 Å². The topological polar surface area (TPSA) is 28.4 Å². The van der Waals surface area contributed by atoms with Crippen LogP contribution in [0.25, 0.3) is 0 Å². The monoisotopic (exact) mass is 264 g/mol. The number of hydrogen-bond acceptors (Lipinski definition) is 3. The number of nitrogens with zero attached hydrogens (tertiary/aromatic N) is 1. The molecule has 1 aromatic rings. The molecule has 0 spiro atoms. The van der Waals surface area contributed by atoms with Gasteiger partial charge in [0.25, 0.3) is 0 Å². The van der Waals surface area contributed by atoms with E-state index < -0.39 is 0 Å². The number of rotatable bonds is 9. The third-order valence-electron chi connectivity index (χ3n) is 3.86. The highest BCUT2D eigenvalue weighted by Crippen LogP contribution is 2.29. The lowest BCUT2D eigenvalue weighted by molar-refractivity contribution is 0.249. The lowest BCUT2D eigenvalue weighted by Gasteiger charge is -2.21. The lowest BCUT2D eigenvalue weighted by atomic mass is 10.2. The highest BCUT2D eigenvalue weighted by atomic mass is 16.3. The van der Waals surface area contributed by atoms with Crippen molar-refractivity contribution in [2.24, 2.45) is 0 Å². The van der Waals surface area contributed by atoms with E-state index in [1.54, 1.807) is 0 Å². The largest absolute Gasteiger partial charge is 0.465 e. The predicted molar refractivity (Wildman–Crippen MR) is 79.2 cm³/mol. The summed E-state index contributed by atoms with van der Waals surface area (Å²) in [5.74, 6) is 2.16. The fourth-order valence-corrected chi connectivity index (χ4v) is 2.49. The van der Waals surface area contributed by atoms with Gasteiger partial charge in [0.2, 0.25) is 0 Å². The number of furan rings is 1. The Hall–Kier alpha value is -0.800. The van der Waals surface area contributed by atoms with Gasteiger partial charge < -0.3 is 9.73 Å². The molecule has 0 aromatic carbocycles. The molecule has 0 radical (unpaired) electrons. The van der Waals surface area contributed by atoms with Gasteiger partial charge in [-0.1, -0.05) is 20.3 Å². The molecule has 1 fully saturated rings. The fourth-order valence-electron chi connectivity index (χ4n) is 2.49. The summed E-state index contributed by atoms with van der Waals surface area (Å²) in [6, 6.07) is 3.07. The molecule has 1 heterocycles. The molecular weight excluding hydrogens is 236 g/mol. The molecule has 0 bridgehead atoms. The molecule has 1 aromatic heterocycles. The van der Waals surface area contributed by atoms with Crippen LogP contribution in [0.1, 0.15) is 56.6 Å². The van der Waals surface area contributed by atoms with Gasteiger partial charge in [0.15, 0.2) is 0 Å². The molecule has 1 aliphatic rings. The summed E-state index contributed by atoms with van der Waals surface area (Å²) in [6.07, 6.45) is 5.34. The molecule has 19 heavy (non-hydrogen) atoms. The van der Waals surface area contributed by atoms with Crippen molar-refractivity contribution in [1.82, 2.24) is 10.2 Å². The van der Waals surface area contributed by atoms with Gasteiger partial charge in [-0.3, -0.25) is 4.90 Å². The van der Waals surface area contributed by atoms with E-state index in [4.69, 9.17) is 4.42 Å². The van der Waals surface area contributed by atoms with Gasteiger partial charge in [0.1, 0.15) is 11.5 Å².